The van der Waals surface area contributed by atoms with Crippen molar-refractivity contribution >= 4 is 17.9 Å². The second-order valence-electron chi connectivity index (χ2n) is 8.79. The lowest BCUT2D eigenvalue weighted by Crippen LogP contribution is -2.42. The van der Waals surface area contributed by atoms with Gasteiger partial charge in [-0.3, -0.25) is 4.79 Å². The SMILES string of the molecule is CC.CC=O.CNc1cccc(-c2nc(C(F)(F)F)n3c2CN(C(=O)CC(N)Cc2cc(F)c(F)cc2F)CC3)c1. The fraction of sp³-hybridized carbons (Fsp3) is 0.393. The number of fused-ring (bicyclic) bond motifs is 1. The van der Waals surface area contributed by atoms with E-state index >= 15 is 0 Å². The molecule has 1 amide bonds. The molecule has 0 bridgehead atoms. The van der Waals surface area contributed by atoms with E-state index in [0.29, 0.717) is 23.4 Å². The van der Waals surface area contributed by atoms with Crippen molar-refractivity contribution in [1.82, 2.24) is 14.5 Å². The van der Waals surface area contributed by atoms with Crippen molar-refractivity contribution in [2.45, 2.75) is 58.9 Å². The van der Waals surface area contributed by atoms with Crippen LogP contribution in [0.15, 0.2) is 36.4 Å². The summed E-state index contributed by atoms with van der Waals surface area (Å²) >= 11 is 0. The van der Waals surface area contributed by atoms with Crippen LogP contribution in [0.25, 0.3) is 11.3 Å². The summed E-state index contributed by atoms with van der Waals surface area (Å²) in [7, 11) is 1.68. The highest BCUT2D eigenvalue weighted by atomic mass is 19.4. The van der Waals surface area contributed by atoms with Gasteiger partial charge in [-0.15, -0.1) is 0 Å². The van der Waals surface area contributed by atoms with Gasteiger partial charge >= 0.3 is 6.18 Å². The number of carbonyl (C=O) groups excluding carboxylic acids is 2. The number of imidazole rings is 1. The number of nitrogens with zero attached hydrogens (tertiary/aromatic N) is 3. The van der Waals surface area contributed by atoms with Gasteiger partial charge in [-0.25, -0.2) is 18.2 Å². The molecule has 224 valence electrons. The lowest BCUT2D eigenvalue weighted by atomic mass is 10.0. The number of halogens is 6. The lowest BCUT2D eigenvalue weighted by Gasteiger charge is -2.30. The van der Waals surface area contributed by atoms with Gasteiger partial charge in [0.2, 0.25) is 11.7 Å². The van der Waals surface area contributed by atoms with E-state index < -0.39 is 41.4 Å². The van der Waals surface area contributed by atoms with E-state index in [9.17, 15) is 31.1 Å². The number of amides is 1. The molecule has 4 rings (SSSR count). The number of hydrogen-bond donors (Lipinski definition) is 2. The van der Waals surface area contributed by atoms with Crippen LogP contribution in [0.5, 0.6) is 0 Å². The van der Waals surface area contributed by atoms with Crippen molar-refractivity contribution in [3.63, 3.8) is 0 Å². The molecule has 1 aromatic heterocycles. The highest BCUT2D eigenvalue weighted by Gasteiger charge is 2.40. The summed E-state index contributed by atoms with van der Waals surface area (Å²) in [4.78, 5) is 27.0. The molecule has 0 saturated carbocycles. The van der Waals surface area contributed by atoms with Crippen LogP contribution in [-0.2, 0) is 35.3 Å². The Morgan fingerprint density at radius 1 is 1.10 bits per heavy atom. The summed E-state index contributed by atoms with van der Waals surface area (Å²) in [6.07, 6.45) is -4.42. The van der Waals surface area contributed by atoms with Crippen LogP contribution in [0, 0.1) is 17.5 Å². The van der Waals surface area contributed by atoms with Gasteiger partial charge in [-0.1, -0.05) is 26.0 Å². The normalized spacial score (nSPS) is 13.2. The van der Waals surface area contributed by atoms with Gasteiger partial charge in [0, 0.05) is 49.9 Å². The van der Waals surface area contributed by atoms with Gasteiger partial charge in [0.05, 0.1) is 17.9 Å². The third-order valence-electron chi connectivity index (χ3n) is 6.05. The van der Waals surface area contributed by atoms with Crippen LogP contribution in [0.3, 0.4) is 0 Å². The lowest BCUT2D eigenvalue weighted by molar-refractivity contribution is -0.148. The summed E-state index contributed by atoms with van der Waals surface area (Å²) in [5.41, 5.74) is 7.29. The zero-order valence-corrected chi connectivity index (χ0v) is 23.2. The summed E-state index contributed by atoms with van der Waals surface area (Å²) in [6, 6.07) is 6.92. The molecule has 2 heterocycles. The Balaban J connectivity index is 0.00000110. The first-order valence-electron chi connectivity index (χ1n) is 12.9. The van der Waals surface area contributed by atoms with E-state index in [4.69, 9.17) is 10.5 Å². The number of hydrogen-bond acceptors (Lipinski definition) is 5. The van der Waals surface area contributed by atoms with Crippen LogP contribution in [-0.4, -0.2) is 46.3 Å². The summed E-state index contributed by atoms with van der Waals surface area (Å²) in [5.74, 6) is -5.04. The van der Waals surface area contributed by atoms with Gasteiger partial charge in [0.15, 0.2) is 11.6 Å². The molecule has 0 spiro atoms. The Morgan fingerprint density at radius 2 is 1.73 bits per heavy atom. The van der Waals surface area contributed by atoms with E-state index in [-0.39, 0.29) is 49.4 Å². The predicted molar refractivity (Wildman–Crippen MR) is 143 cm³/mol. The van der Waals surface area contributed by atoms with Crippen molar-refractivity contribution in [1.29, 1.82) is 0 Å². The Hall–Kier alpha value is -3.87. The fourth-order valence-electron chi connectivity index (χ4n) is 4.28. The number of benzene rings is 2. The molecule has 0 fully saturated rings. The molecule has 2 aromatic carbocycles. The van der Waals surface area contributed by atoms with Gasteiger partial charge < -0.3 is 25.3 Å². The van der Waals surface area contributed by atoms with E-state index in [1.54, 1.807) is 31.3 Å². The number of alkyl halides is 3. The number of aromatic nitrogens is 2. The number of anilines is 1. The average molecular weight is 586 g/mol. The van der Waals surface area contributed by atoms with Gasteiger partial charge in [-0.05, 0) is 37.1 Å². The molecule has 3 aromatic rings. The highest BCUT2D eigenvalue weighted by Crippen LogP contribution is 2.36. The molecule has 3 N–H and O–H groups in total. The van der Waals surface area contributed by atoms with Crippen LogP contribution in [0.4, 0.5) is 32.0 Å². The van der Waals surface area contributed by atoms with E-state index in [1.807, 2.05) is 13.8 Å². The van der Waals surface area contributed by atoms with E-state index in [0.717, 1.165) is 10.9 Å². The molecule has 1 unspecified atom stereocenters. The molecule has 1 aliphatic rings. The first kappa shape index (κ1) is 33.3. The van der Waals surface area contributed by atoms with Crippen LogP contribution >= 0.6 is 0 Å². The Bertz CT molecular complexity index is 1340. The van der Waals surface area contributed by atoms with Gasteiger partial charge in [0.1, 0.15) is 12.1 Å². The maximum absolute atomic E-state index is 13.9. The average Bonchev–Trinajstić information content (AvgIpc) is 3.33. The maximum Gasteiger partial charge on any atom is 0.449 e. The Morgan fingerprint density at radius 3 is 2.34 bits per heavy atom. The van der Waals surface area contributed by atoms with Crippen LogP contribution in [0.2, 0.25) is 0 Å². The Kier molecular flexibility index (Phi) is 11.9. The van der Waals surface area contributed by atoms with Crippen molar-refractivity contribution in [3.05, 3.63) is 70.9 Å². The molecule has 41 heavy (non-hydrogen) atoms. The van der Waals surface area contributed by atoms with E-state index in [1.165, 1.54) is 11.8 Å². The molecular formula is C28H33F6N5O2. The minimum Gasteiger partial charge on any atom is -0.388 e. The second kappa shape index (κ2) is 14.7. The second-order valence-corrected chi connectivity index (χ2v) is 8.79. The number of rotatable bonds is 6. The number of nitrogens with one attached hydrogen (secondary N) is 1. The highest BCUT2D eigenvalue weighted by molar-refractivity contribution is 5.77. The van der Waals surface area contributed by atoms with Gasteiger partial charge in [-0.2, -0.15) is 13.2 Å². The number of aldehydes is 1. The molecule has 1 aliphatic heterocycles. The van der Waals surface area contributed by atoms with Crippen molar-refractivity contribution in [2.24, 2.45) is 5.73 Å². The fourth-order valence-corrected chi connectivity index (χ4v) is 4.28. The van der Waals surface area contributed by atoms with Crippen molar-refractivity contribution in [2.75, 3.05) is 18.9 Å². The third-order valence-corrected chi connectivity index (χ3v) is 6.05. The standard InChI is InChI=1S/C24H23F6N5O.C2H4O.C2H6/c1-32-16-4-2-3-13(8-16)22-20-12-34(5-6-35(20)23(33-22)24(28,29)30)21(36)10-15(31)7-14-9-18(26)19(27)11-17(14)25;1-2-3;1-2/h2-4,8-9,11,15,32H,5-7,10,12,31H2,1H3;2H,1H3;1-2H3. The maximum atomic E-state index is 13.9. The molecule has 0 aliphatic carbocycles. The van der Waals surface area contributed by atoms with Crippen molar-refractivity contribution < 1.29 is 35.9 Å². The quantitative estimate of drug-likeness (QED) is 0.225. The zero-order chi connectivity index (χ0) is 30.9. The molecule has 7 nitrogen and oxygen atoms in total. The Labute approximate surface area is 234 Å². The smallest absolute Gasteiger partial charge is 0.388 e. The minimum atomic E-state index is -4.68. The summed E-state index contributed by atoms with van der Waals surface area (Å²) in [5, 5.41) is 2.93. The van der Waals surface area contributed by atoms with Crippen molar-refractivity contribution in [3.8, 4) is 11.3 Å². The first-order valence-corrected chi connectivity index (χ1v) is 12.9. The number of nitrogens with two attached hydrogens (primary N) is 1. The first-order chi connectivity index (χ1) is 19.4. The van der Waals surface area contributed by atoms with E-state index in [2.05, 4.69) is 10.3 Å². The monoisotopic (exact) mass is 585 g/mol. The molecule has 0 saturated heterocycles. The predicted octanol–water partition coefficient (Wildman–Crippen LogP) is 5.56. The molecule has 0 radical (unpaired) electrons. The topological polar surface area (TPSA) is 93.2 Å². The molecular weight excluding hydrogens is 552 g/mol. The minimum absolute atomic E-state index is 0.00642. The van der Waals surface area contributed by atoms with Crippen LogP contribution in [0.1, 0.15) is 44.3 Å². The summed E-state index contributed by atoms with van der Waals surface area (Å²) < 4.78 is 82.7. The largest absolute Gasteiger partial charge is 0.449 e. The zero-order valence-electron chi connectivity index (χ0n) is 23.2. The van der Waals surface area contributed by atoms with Gasteiger partial charge in [0.25, 0.3) is 0 Å². The number of carbonyl (C=O) groups is 2. The summed E-state index contributed by atoms with van der Waals surface area (Å²) in [6.45, 7) is 5.18. The third kappa shape index (κ3) is 8.32. The molecule has 1 atom stereocenters. The van der Waals surface area contributed by atoms with Crippen LogP contribution < -0.4 is 11.1 Å². The molecule has 13 heteroatoms.